The SMILES string of the molecule is CC(C)(C)C1=C([Si](C)(c2ccccc2)C2CCCCC2)CC=C1. The Bertz CT molecular complexity index is 597. The van der Waals surface area contributed by atoms with Gasteiger partial charge in [-0.3, -0.25) is 0 Å². The normalized spacial score (nSPS) is 22.4. The standard InChI is InChI=1S/C22H32Si/c1-22(2,3)20-16-11-17-21(20)23(4,18-12-7-5-8-13-18)19-14-9-6-10-15-19/h5,7-8,11-13,16,19H,6,9-10,14-15,17H2,1-4H3. The maximum absolute atomic E-state index is 2.67. The van der Waals surface area contributed by atoms with E-state index in [4.69, 9.17) is 0 Å². The maximum Gasteiger partial charge on any atom is 0.114 e. The van der Waals surface area contributed by atoms with E-state index in [1.165, 1.54) is 38.5 Å². The van der Waals surface area contributed by atoms with Crippen LogP contribution in [0.2, 0.25) is 12.1 Å². The van der Waals surface area contributed by atoms with E-state index in [0.29, 0.717) is 0 Å². The first-order valence-corrected chi connectivity index (χ1v) is 12.0. The minimum Gasteiger partial charge on any atom is -0.0805 e. The number of hydrogen-bond acceptors (Lipinski definition) is 0. The van der Waals surface area contributed by atoms with E-state index in [9.17, 15) is 0 Å². The van der Waals surface area contributed by atoms with Gasteiger partial charge in [-0.25, -0.2) is 0 Å². The van der Waals surface area contributed by atoms with Crippen molar-refractivity contribution in [1.29, 1.82) is 0 Å². The Balaban J connectivity index is 2.13. The van der Waals surface area contributed by atoms with Gasteiger partial charge in [0.1, 0.15) is 8.07 Å². The van der Waals surface area contributed by atoms with Crippen LogP contribution in [0.4, 0.5) is 0 Å². The van der Waals surface area contributed by atoms with Gasteiger partial charge < -0.3 is 0 Å². The Kier molecular flexibility index (Phi) is 4.69. The Morgan fingerprint density at radius 2 is 1.61 bits per heavy atom. The summed E-state index contributed by atoms with van der Waals surface area (Å²) < 4.78 is 0. The summed E-state index contributed by atoms with van der Waals surface area (Å²) in [6.07, 6.45) is 13.3. The zero-order chi connectivity index (χ0) is 16.5. The van der Waals surface area contributed by atoms with Crippen LogP contribution in [0, 0.1) is 5.41 Å². The summed E-state index contributed by atoms with van der Waals surface area (Å²) in [6, 6.07) is 11.5. The molecule has 0 bridgehead atoms. The lowest BCUT2D eigenvalue weighted by Gasteiger charge is -2.42. The molecule has 0 nitrogen and oxygen atoms in total. The van der Waals surface area contributed by atoms with Gasteiger partial charge in [-0.2, -0.15) is 0 Å². The lowest BCUT2D eigenvalue weighted by atomic mass is 9.87. The van der Waals surface area contributed by atoms with Crippen molar-refractivity contribution in [2.75, 3.05) is 0 Å². The van der Waals surface area contributed by atoms with Crippen LogP contribution in [0.15, 0.2) is 53.3 Å². The summed E-state index contributed by atoms with van der Waals surface area (Å²) in [7, 11) is -1.65. The molecule has 3 rings (SSSR count). The van der Waals surface area contributed by atoms with Crippen LogP contribution in [0.5, 0.6) is 0 Å². The van der Waals surface area contributed by atoms with Gasteiger partial charge in [-0.15, -0.1) is 0 Å². The molecule has 1 aromatic carbocycles. The Morgan fingerprint density at radius 3 is 2.22 bits per heavy atom. The van der Waals surface area contributed by atoms with Crippen molar-refractivity contribution in [2.45, 2.75) is 71.4 Å². The number of allylic oxidation sites excluding steroid dienone is 4. The van der Waals surface area contributed by atoms with E-state index in [-0.39, 0.29) is 5.41 Å². The van der Waals surface area contributed by atoms with E-state index < -0.39 is 8.07 Å². The summed E-state index contributed by atoms with van der Waals surface area (Å²) in [6.45, 7) is 9.84. The predicted octanol–water partition coefficient (Wildman–Crippen LogP) is 6.15. The third-order valence-corrected chi connectivity index (χ3v) is 11.6. The molecule has 0 N–H and O–H groups in total. The highest BCUT2D eigenvalue weighted by atomic mass is 28.3. The van der Waals surface area contributed by atoms with Crippen molar-refractivity contribution in [1.82, 2.24) is 0 Å². The summed E-state index contributed by atoms with van der Waals surface area (Å²) >= 11 is 0. The molecule has 0 aliphatic heterocycles. The molecular formula is C22H32Si. The molecule has 0 heterocycles. The van der Waals surface area contributed by atoms with Crippen molar-refractivity contribution in [3.8, 4) is 0 Å². The summed E-state index contributed by atoms with van der Waals surface area (Å²) in [5, 5.41) is 3.48. The zero-order valence-electron chi connectivity index (χ0n) is 15.4. The highest BCUT2D eigenvalue weighted by Gasteiger charge is 2.44. The Morgan fingerprint density at radius 1 is 0.957 bits per heavy atom. The molecule has 1 aromatic rings. The molecule has 0 saturated heterocycles. The molecular weight excluding hydrogens is 292 g/mol. The number of benzene rings is 1. The number of rotatable bonds is 3. The lowest BCUT2D eigenvalue weighted by Crippen LogP contribution is -2.52. The van der Waals surface area contributed by atoms with Gasteiger partial charge in [0.15, 0.2) is 0 Å². The quantitative estimate of drug-likeness (QED) is 0.585. The molecule has 0 aromatic heterocycles. The van der Waals surface area contributed by atoms with E-state index in [1.54, 1.807) is 10.8 Å². The van der Waals surface area contributed by atoms with Gasteiger partial charge in [-0.1, -0.05) is 112 Å². The number of hydrogen-bond donors (Lipinski definition) is 0. The van der Waals surface area contributed by atoms with E-state index in [2.05, 4.69) is 69.8 Å². The maximum atomic E-state index is 2.67. The molecule has 1 heteroatoms. The first-order valence-electron chi connectivity index (χ1n) is 9.40. The van der Waals surface area contributed by atoms with Crippen LogP contribution >= 0.6 is 0 Å². The van der Waals surface area contributed by atoms with Gasteiger partial charge >= 0.3 is 0 Å². The predicted molar refractivity (Wildman–Crippen MR) is 105 cm³/mol. The fourth-order valence-electron chi connectivity index (χ4n) is 4.82. The van der Waals surface area contributed by atoms with E-state index >= 15 is 0 Å². The zero-order valence-corrected chi connectivity index (χ0v) is 16.4. The molecule has 124 valence electrons. The topological polar surface area (TPSA) is 0 Å². The van der Waals surface area contributed by atoms with Gasteiger partial charge in [0.2, 0.25) is 0 Å². The second kappa shape index (κ2) is 6.43. The first kappa shape index (κ1) is 16.8. The molecule has 1 fully saturated rings. The molecule has 0 amide bonds. The highest BCUT2D eigenvalue weighted by Crippen LogP contribution is 2.46. The van der Waals surface area contributed by atoms with Crippen LogP contribution in [0.1, 0.15) is 59.3 Å². The van der Waals surface area contributed by atoms with Crippen molar-refractivity contribution >= 4 is 13.3 Å². The largest absolute Gasteiger partial charge is 0.114 e. The van der Waals surface area contributed by atoms with Crippen LogP contribution in [0.25, 0.3) is 0 Å². The monoisotopic (exact) mass is 324 g/mol. The third kappa shape index (κ3) is 3.13. The third-order valence-electron chi connectivity index (χ3n) is 6.16. The minimum absolute atomic E-state index is 0.264. The van der Waals surface area contributed by atoms with Crippen molar-refractivity contribution in [3.63, 3.8) is 0 Å². The summed E-state index contributed by atoms with van der Waals surface area (Å²) in [4.78, 5) is 0. The average Bonchev–Trinajstić information content (AvgIpc) is 3.06. The molecule has 2 aliphatic rings. The summed E-state index contributed by atoms with van der Waals surface area (Å²) in [5.41, 5.74) is 2.83. The van der Waals surface area contributed by atoms with Gasteiger partial charge in [0.05, 0.1) is 0 Å². The van der Waals surface area contributed by atoms with Crippen LogP contribution < -0.4 is 5.19 Å². The second-order valence-electron chi connectivity index (χ2n) is 8.65. The van der Waals surface area contributed by atoms with Gasteiger partial charge in [-0.05, 0) is 23.0 Å². The highest BCUT2D eigenvalue weighted by molar-refractivity contribution is 6.98. The molecule has 1 unspecified atom stereocenters. The van der Waals surface area contributed by atoms with E-state index in [1.807, 2.05) is 5.20 Å². The Labute approximate surface area is 143 Å². The molecule has 0 radical (unpaired) electrons. The van der Waals surface area contributed by atoms with Gasteiger partial charge in [0.25, 0.3) is 0 Å². The van der Waals surface area contributed by atoms with Crippen molar-refractivity contribution < 1.29 is 0 Å². The van der Waals surface area contributed by atoms with Crippen LogP contribution in [-0.2, 0) is 0 Å². The van der Waals surface area contributed by atoms with E-state index in [0.717, 1.165) is 5.54 Å². The molecule has 1 saturated carbocycles. The molecule has 1 atom stereocenters. The molecule has 23 heavy (non-hydrogen) atoms. The van der Waals surface area contributed by atoms with Crippen LogP contribution in [0.3, 0.4) is 0 Å². The minimum atomic E-state index is -1.65. The smallest absolute Gasteiger partial charge is 0.0805 e. The first-order chi connectivity index (χ1) is 10.9. The van der Waals surface area contributed by atoms with Crippen LogP contribution in [-0.4, -0.2) is 8.07 Å². The molecule has 0 spiro atoms. The second-order valence-corrected chi connectivity index (χ2v) is 13.1. The fourth-order valence-corrected chi connectivity index (χ4v) is 10.1. The summed E-state index contributed by atoms with van der Waals surface area (Å²) in [5.74, 6) is 0. The molecule has 2 aliphatic carbocycles. The van der Waals surface area contributed by atoms with Gasteiger partial charge in [0, 0.05) is 0 Å². The van der Waals surface area contributed by atoms with Crippen molar-refractivity contribution in [2.24, 2.45) is 5.41 Å². The van der Waals surface area contributed by atoms with Crippen molar-refractivity contribution in [3.05, 3.63) is 53.3 Å². The lowest BCUT2D eigenvalue weighted by molar-refractivity contribution is 0.492. The average molecular weight is 325 g/mol. The fraction of sp³-hybridized carbons (Fsp3) is 0.545. The Hall–Kier alpha value is -1.08.